The molecule has 4 heteroatoms. The van der Waals surface area contributed by atoms with Crippen LogP contribution >= 0.6 is 11.3 Å². The number of hydrogen-bond acceptors (Lipinski definition) is 4. The van der Waals surface area contributed by atoms with Crippen LogP contribution in [0.15, 0.2) is 11.6 Å². The van der Waals surface area contributed by atoms with Gasteiger partial charge in [-0.25, -0.2) is 4.98 Å². The fourth-order valence-electron chi connectivity index (χ4n) is 3.09. The zero-order valence-corrected chi connectivity index (χ0v) is 12.0. The highest BCUT2D eigenvalue weighted by atomic mass is 32.1. The maximum atomic E-state index is 4.38. The van der Waals surface area contributed by atoms with Crippen molar-refractivity contribution in [3.63, 3.8) is 0 Å². The van der Waals surface area contributed by atoms with Gasteiger partial charge in [0.15, 0.2) is 0 Å². The minimum Gasteiger partial charge on any atom is -0.310 e. The number of aromatic nitrogens is 1. The third-order valence-corrected chi connectivity index (χ3v) is 5.18. The van der Waals surface area contributed by atoms with Crippen LogP contribution in [0.5, 0.6) is 0 Å². The second-order valence-electron chi connectivity index (χ2n) is 5.92. The lowest BCUT2D eigenvalue weighted by atomic mass is 9.95. The quantitative estimate of drug-likeness (QED) is 0.904. The van der Waals surface area contributed by atoms with Crippen molar-refractivity contribution in [2.45, 2.75) is 38.1 Å². The van der Waals surface area contributed by atoms with Gasteiger partial charge in [0.25, 0.3) is 0 Å². The summed E-state index contributed by atoms with van der Waals surface area (Å²) in [5, 5.41) is 7.14. The molecule has 1 aliphatic heterocycles. The second-order valence-corrected chi connectivity index (χ2v) is 6.90. The number of nitrogens with zero attached hydrogens (tertiary/aromatic N) is 2. The molecule has 2 aliphatic rings. The largest absolute Gasteiger partial charge is 0.310 e. The zero-order chi connectivity index (χ0) is 12.4. The molecule has 0 radical (unpaired) electrons. The molecule has 18 heavy (non-hydrogen) atoms. The summed E-state index contributed by atoms with van der Waals surface area (Å²) in [6.45, 7) is 7.22. The van der Waals surface area contributed by atoms with E-state index in [-0.39, 0.29) is 0 Å². The first-order valence-corrected chi connectivity index (χ1v) is 8.00. The fraction of sp³-hybridized carbons (Fsp3) is 0.786. The molecule has 1 N–H and O–H groups in total. The summed E-state index contributed by atoms with van der Waals surface area (Å²) >= 11 is 1.78. The smallest absolute Gasteiger partial charge is 0.0937 e. The van der Waals surface area contributed by atoms with Crippen LogP contribution in [0, 0.1) is 5.92 Å². The average Bonchev–Trinajstić information content (AvgIpc) is 3.12. The Balaban J connectivity index is 1.57. The van der Waals surface area contributed by atoms with Crippen molar-refractivity contribution in [2.75, 3.05) is 26.2 Å². The van der Waals surface area contributed by atoms with Gasteiger partial charge < -0.3 is 10.2 Å². The van der Waals surface area contributed by atoms with Crippen LogP contribution in [0.3, 0.4) is 0 Å². The van der Waals surface area contributed by atoms with E-state index in [1.54, 1.807) is 11.3 Å². The van der Waals surface area contributed by atoms with Crippen molar-refractivity contribution in [2.24, 2.45) is 5.92 Å². The van der Waals surface area contributed by atoms with Crippen LogP contribution < -0.4 is 5.32 Å². The number of hydrogen-bond donors (Lipinski definition) is 1. The molecule has 1 saturated heterocycles. The van der Waals surface area contributed by atoms with Gasteiger partial charge in [-0.15, -0.1) is 11.3 Å². The second kappa shape index (κ2) is 5.27. The molecule has 0 amide bonds. The lowest BCUT2D eigenvalue weighted by molar-refractivity contribution is 0.203. The molecule has 1 atom stereocenters. The van der Waals surface area contributed by atoms with E-state index in [9.17, 15) is 0 Å². The molecule has 2 heterocycles. The molecule has 0 aromatic carbocycles. The summed E-state index contributed by atoms with van der Waals surface area (Å²) in [4.78, 5) is 7.02. The van der Waals surface area contributed by atoms with Crippen LogP contribution in [0.1, 0.15) is 31.2 Å². The first-order chi connectivity index (χ1) is 8.76. The maximum absolute atomic E-state index is 4.38. The van der Waals surface area contributed by atoms with Crippen molar-refractivity contribution in [3.05, 3.63) is 16.6 Å². The molecule has 0 bridgehead atoms. The van der Waals surface area contributed by atoms with Crippen molar-refractivity contribution >= 4 is 11.3 Å². The molecule has 3 rings (SSSR count). The van der Waals surface area contributed by atoms with E-state index in [2.05, 4.69) is 27.5 Å². The van der Waals surface area contributed by atoms with Gasteiger partial charge in [0, 0.05) is 36.6 Å². The van der Waals surface area contributed by atoms with E-state index < -0.39 is 0 Å². The highest BCUT2D eigenvalue weighted by Gasteiger charge is 2.42. The molecule has 1 aliphatic carbocycles. The molecule has 1 unspecified atom stereocenters. The van der Waals surface area contributed by atoms with Crippen molar-refractivity contribution in [1.82, 2.24) is 15.2 Å². The van der Waals surface area contributed by atoms with Gasteiger partial charge in [-0.1, -0.05) is 0 Å². The van der Waals surface area contributed by atoms with E-state index in [4.69, 9.17) is 0 Å². The summed E-state index contributed by atoms with van der Waals surface area (Å²) < 4.78 is 0. The Morgan fingerprint density at radius 2 is 2.44 bits per heavy atom. The molecule has 1 aromatic heterocycles. The highest BCUT2D eigenvalue weighted by Crippen LogP contribution is 2.40. The van der Waals surface area contributed by atoms with Gasteiger partial charge in [0.1, 0.15) is 0 Å². The van der Waals surface area contributed by atoms with Crippen molar-refractivity contribution in [3.8, 4) is 0 Å². The van der Waals surface area contributed by atoms with E-state index in [0.29, 0.717) is 5.54 Å². The van der Waals surface area contributed by atoms with E-state index in [1.807, 2.05) is 6.20 Å². The summed E-state index contributed by atoms with van der Waals surface area (Å²) in [7, 11) is 0. The Kier molecular flexibility index (Phi) is 3.68. The fourth-order valence-corrected chi connectivity index (χ4v) is 3.70. The van der Waals surface area contributed by atoms with Crippen LogP contribution in [0.25, 0.3) is 0 Å². The minimum absolute atomic E-state index is 0.360. The van der Waals surface area contributed by atoms with Gasteiger partial charge in [-0.3, -0.25) is 0 Å². The Hall–Kier alpha value is -0.450. The molecule has 1 saturated carbocycles. The maximum Gasteiger partial charge on any atom is 0.0937 e. The van der Waals surface area contributed by atoms with Crippen LogP contribution in [0.2, 0.25) is 0 Å². The van der Waals surface area contributed by atoms with Gasteiger partial charge in [0.05, 0.1) is 5.01 Å². The number of nitrogens with one attached hydrogen (secondary N) is 1. The first kappa shape index (κ1) is 12.6. The third-order valence-electron chi connectivity index (χ3n) is 4.34. The average molecular weight is 265 g/mol. The number of rotatable bonds is 4. The van der Waals surface area contributed by atoms with Gasteiger partial charge >= 0.3 is 0 Å². The predicted molar refractivity (Wildman–Crippen MR) is 76.0 cm³/mol. The SMILES string of the molecule is CC1(C2CC2)CN(CCc2nccs2)CCCN1. The molecular weight excluding hydrogens is 242 g/mol. The van der Waals surface area contributed by atoms with E-state index in [1.165, 1.54) is 43.9 Å². The summed E-state index contributed by atoms with van der Waals surface area (Å²) in [5.41, 5.74) is 0.360. The zero-order valence-electron chi connectivity index (χ0n) is 11.2. The summed E-state index contributed by atoms with van der Waals surface area (Å²) in [6.07, 6.45) is 7.14. The Morgan fingerprint density at radius 1 is 1.56 bits per heavy atom. The summed E-state index contributed by atoms with van der Waals surface area (Å²) in [6, 6.07) is 0. The first-order valence-electron chi connectivity index (χ1n) is 7.12. The minimum atomic E-state index is 0.360. The van der Waals surface area contributed by atoms with Crippen LogP contribution in [-0.4, -0.2) is 41.6 Å². The molecule has 2 fully saturated rings. The monoisotopic (exact) mass is 265 g/mol. The Labute approximate surface area is 114 Å². The Morgan fingerprint density at radius 3 is 3.17 bits per heavy atom. The Bertz CT molecular complexity index is 374. The predicted octanol–water partition coefficient (Wildman–Crippen LogP) is 2.15. The molecule has 3 nitrogen and oxygen atoms in total. The molecule has 100 valence electrons. The van der Waals surface area contributed by atoms with Gasteiger partial charge in [-0.05, 0) is 45.2 Å². The normalized spacial score (nSPS) is 30.3. The lowest BCUT2D eigenvalue weighted by Crippen LogP contribution is -2.51. The van der Waals surface area contributed by atoms with Crippen molar-refractivity contribution < 1.29 is 0 Å². The summed E-state index contributed by atoms with van der Waals surface area (Å²) in [5.74, 6) is 0.915. The van der Waals surface area contributed by atoms with Crippen molar-refractivity contribution in [1.29, 1.82) is 0 Å². The van der Waals surface area contributed by atoms with Gasteiger partial charge in [-0.2, -0.15) is 0 Å². The third kappa shape index (κ3) is 2.92. The molecule has 1 aromatic rings. The van der Waals surface area contributed by atoms with E-state index in [0.717, 1.165) is 18.9 Å². The van der Waals surface area contributed by atoms with Gasteiger partial charge in [0.2, 0.25) is 0 Å². The standard InChI is InChI=1S/C14H23N3S/c1-14(12-3-4-12)11-17(8-2-6-16-14)9-5-13-15-7-10-18-13/h7,10,12,16H,2-6,8-9,11H2,1H3. The lowest BCUT2D eigenvalue weighted by Gasteiger charge is -2.33. The van der Waals surface area contributed by atoms with E-state index >= 15 is 0 Å². The molecule has 0 spiro atoms. The molecular formula is C14H23N3S. The highest BCUT2D eigenvalue weighted by molar-refractivity contribution is 7.09. The van der Waals surface area contributed by atoms with Crippen LogP contribution in [-0.2, 0) is 6.42 Å². The topological polar surface area (TPSA) is 28.2 Å². The number of thiazole rings is 1. The van der Waals surface area contributed by atoms with Crippen LogP contribution in [0.4, 0.5) is 0 Å².